The Morgan fingerprint density at radius 2 is 1.52 bits per heavy atom. The Labute approximate surface area is 167 Å². The first-order chi connectivity index (χ1) is 13.1. The van der Waals surface area contributed by atoms with Crippen LogP contribution in [0.3, 0.4) is 0 Å². The summed E-state index contributed by atoms with van der Waals surface area (Å²) in [6, 6.07) is 13.9. The average Bonchev–Trinajstić information content (AvgIpc) is 3.28. The molecule has 3 fully saturated rings. The number of imide groups is 1. The third kappa shape index (κ3) is 2.53. The van der Waals surface area contributed by atoms with E-state index in [1.54, 1.807) is 24.3 Å². The van der Waals surface area contributed by atoms with Crippen LogP contribution in [-0.2, 0) is 9.59 Å². The van der Waals surface area contributed by atoms with Crippen molar-refractivity contribution < 1.29 is 9.59 Å². The van der Waals surface area contributed by atoms with E-state index in [1.165, 1.54) is 4.90 Å². The number of rotatable bonds is 2. The number of fused-ring (bicyclic) bond motifs is 3. The van der Waals surface area contributed by atoms with Gasteiger partial charge in [-0.05, 0) is 42.3 Å². The summed E-state index contributed by atoms with van der Waals surface area (Å²) in [6.45, 7) is 1.63. The molecule has 2 aromatic rings. The molecule has 3 aliphatic rings. The Kier molecular flexibility index (Phi) is 4.02. The van der Waals surface area contributed by atoms with Crippen molar-refractivity contribution in [3.8, 4) is 0 Å². The van der Waals surface area contributed by atoms with Crippen LogP contribution in [0.4, 0.5) is 5.69 Å². The first-order valence-corrected chi connectivity index (χ1v) is 9.74. The lowest BCUT2D eigenvalue weighted by atomic mass is 9.90. The zero-order chi connectivity index (χ0) is 18.7. The van der Waals surface area contributed by atoms with Crippen LogP contribution in [0.15, 0.2) is 48.5 Å². The van der Waals surface area contributed by atoms with Crippen LogP contribution >= 0.6 is 23.2 Å². The second-order valence-electron chi connectivity index (χ2n) is 7.14. The number of hydrogen-bond acceptors (Lipinski definition) is 4. The molecule has 0 spiro atoms. The van der Waals surface area contributed by atoms with Gasteiger partial charge in [0.2, 0.25) is 5.91 Å². The van der Waals surface area contributed by atoms with Crippen LogP contribution in [0.2, 0.25) is 10.0 Å². The Balaban J connectivity index is 1.59. The fourth-order valence-corrected chi connectivity index (χ4v) is 4.95. The summed E-state index contributed by atoms with van der Waals surface area (Å²) in [6.07, 6.45) is 0.978. The molecular weight excluding hydrogens is 385 g/mol. The van der Waals surface area contributed by atoms with Crippen LogP contribution in [0.5, 0.6) is 0 Å². The Morgan fingerprint density at radius 1 is 0.815 bits per heavy atom. The Bertz CT molecular complexity index is 933. The number of anilines is 1. The Morgan fingerprint density at radius 3 is 2.22 bits per heavy atom. The molecule has 0 saturated carbocycles. The van der Waals surface area contributed by atoms with Crippen molar-refractivity contribution in [2.75, 3.05) is 18.0 Å². The molecule has 0 aromatic heterocycles. The number of hydrazine groups is 1. The molecule has 5 rings (SSSR count). The zero-order valence-corrected chi connectivity index (χ0v) is 15.9. The molecule has 5 nitrogen and oxygen atoms in total. The summed E-state index contributed by atoms with van der Waals surface area (Å²) in [5.74, 6) is -0.768. The van der Waals surface area contributed by atoms with Gasteiger partial charge in [0.15, 0.2) is 0 Å². The third-order valence-electron chi connectivity index (χ3n) is 5.68. The minimum absolute atomic E-state index is 0.157. The van der Waals surface area contributed by atoms with Crippen LogP contribution in [0.25, 0.3) is 0 Å². The van der Waals surface area contributed by atoms with E-state index in [0.717, 1.165) is 25.1 Å². The predicted molar refractivity (Wildman–Crippen MR) is 103 cm³/mol. The first-order valence-electron chi connectivity index (χ1n) is 8.98. The van der Waals surface area contributed by atoms with Crippen molar-refractivity contribution in [2.24, 2.45) is 5.92 Å². The fraction of sp³-hybridized carbons (Fsp3) is 0.300. The molecule has 0 unspecified atom stereocenters. The highest BCUT2D eigenvalue weighted by Gasteiger charge is 2.62. The van der Waals surface area contributed by atoms with Crippen LogP contribution < -0.4 is 4.90 Å². The third-order valence-corrected chi connectivity index (χ3v) is 6.17. The highest BCUT2D eigenvalue weighted by molar-refractivity contribution is 6.31. The second-order valence-corrected chi connectivity index (χ2v) is 8.01. The molecule has 3 saturated heterocycles. The first kappa shape index (κ1) is 17.2. The van der Waals surface area contributed by atoms with E-state index >= 15 is 0 Å². The highest BCUT2D eigenvalue weighted by atomic mass is 35.5. The molecule has 7 heteroatoms. The van der Waals surface area contributed by atoms with Gasteiger partial charge in [-0.1, -0.05) is 41.4 Å². The molecule has 0 N–H and O–H groups in total. The van der Waals surface area contributed by atoms with Gasteiger partial charge in [-0.15, -0.1) is 0 Å². The number of nitrogens with zero attached hydrogens (tertiary/aromatic N) is 3. The van der Waals surface area contributed by atoms with Gasteiger partial charge in [-0.2, -0.15) is 0 Å². The van der Waals surface area contributed by atoms with E-state index in [1.807, 2.05) is 24.3 Å². The van der Waals surface area contributed by atoms with Gasteiger partial charge in [0.05, 0.1) is 17.6 Å². The highest BCUT2D eigenvalue weighted by Crippen LogP contribution is 2.49. The number of benzene rings is 2. The smallest absolute Gasteiger partial charge is 0.253 e. The summed E-state index contributed by atoms with van der Waals surface area (Å²) in [7, 11) is 0. The SMILES string of the molecule is O=C1[C@H]2[C@@H](C(=O)N1c1cccc(Cl)c1)N1CCCN1[C@H]2c1ccc(Cl)cc1. The molecule has 2 aromatic carbocycles. The minimum Gasteiger partial charge on any atom is -0.274 e. The summed E-state index contributed by atoms with van der Waals surface area (Å²) >= 11 is 12.1. The molecule has 0 aliphatic carbocycles. The van der Waals surface area contributed by atoms with E-state index in [-0.39, 0.29) is 17.9 Å². The van der Waals surface area contributed by atoms with E-state index in [9.17, 15) is 9.59 Å². The maximum absolute atomic E-state index is 13.4. The molecule has 27 heavy (non-hydrogen) atoms. The van der Waals surface area contributed by atoms with Crippen LogP contribution in [0, 0.1) is 5.92 Å². The van der Waals surface area contributed by atoms with Crippen LogP contribution in [-0.4, -0.2) is 41.0 Å². The molecule has 3 aliphatic heterocycles. The molecule has 138 valence electrons. The van der Waals surface area contributed by atoms with Gasteiger partial charge in [0.1, 0.15) is 6.04 Å². The zero-order valence-electron chi connectivity index (χ0n) is 14.4. The largest absolute Gasteiger partial charge is 0.274 e. The van der Waals surface area contributed by atoms with Gasteiger partial charge in [-0.25, -0.2) is 14.9 Å². The van der Waals surface area contributed by atoms with E-state index in [2.05, 4.69) is 10.0 Å². The summed E-state index contributed by atoms with van der Waals surface area (Å²) in [5, 5.41) is 5.42. The van der Waals surface area contributed by atoms with Crippen molar-refractivity contribution in [1.29, 1.82) is 0 Å². The summed E-state index contributed by atoms with van der Waals surface area (Å²) < 4.78 is 0. The van der Waals surface area contributed by atoms with Crippen LogP contribution in [0.1, 0.15) is 18.0 Å². The summed E-state index contributed by atoms with van der Waals surface area (Å²) in [5.41, 5.74) is 1.54. The van der Waals surface area contributed by atoms with Gasteiger partial charge in [0.25, 0.3) is 5.91 Å². The molecule has 3 heterocycles. The number of amides is 2. The van der Waals surface area contributed by atoms with Crippen molar-refractivity contribution in [3.05, 3.63) is 64.1 Å². The standard InChI is InChI=1S/C20H17Cl2N3O2/c21-13-7-5-12(6-8-13)17-16-18(24-10-2-9-23(17)24)20(27)25(19(16)26)15-4-1-3-14(22)11-15/h1,3-8,11,16-18H,2,9-10H2/t16-,17+,18+/m1/s1. The fourth-order valence-electron chi connectivity index (χ4n) is 4.64. The lowest BCUT2D eigenvalue weighted by molar-refractivity contribution is -0.126. The molecule has 2 amide bonds. The maximum atomic E-state index is 13.4. The van der Waals surface area contributed by atoms with Crippen molar-refractivity contribution in [3.63, 3.8) is 0 Å². The molecule has 0 radical (unpaired) electrons. The average molecular weight is 402 g/mol. The Hall–Kier alpha value is -1.92. The lowest BCUT2D eigenvalue weighted by Gasteiger charge is -2.29. The summed E-state index contributed by atoms with van der Waals surface area (Å²) in [4.78, 5) is 27.9. The van der Waals surface area contributed by atoms with Gasteiger partial charge in [0, 0.05) is 23.1 Å². The van der Waals surface area contributed by atoms with Crippen molar-refractivity contribution in [1.82, 2.24) is 10.0 Å². The monoisotopic (exact) mass is 401 g/mol. The quantitative estimate of drug-likeness (QED) is 0.721. The molecule has 3 atom stereocenters. The number of carbonyl (C=O) groups excluding carboxylic acids is 2. The van der Waals surface area contributed by atoms with Crippen molar-refractivity contribution in [2.45, 2.75) is 18.5 Å². The lowest BCUT2D eigenvalue weighted by Crippen LogP contribution is -2.44. The van der Waals surface area contributed by atoms with Gasteiger partial charge in [-0.3, -0.25) is 9.59 Å². The molecule has 0 bridgehead atoms. The number of carbonyl (C=O) groups is 2. The second kappa shape index (κ2) is 6.31. The maximum Gasteiger partial charge on any atom is 0.253 e. The van der Waals surface area contributed by atoms with E-state index in [0.29, 0.717) is 15.7 Å². The van der Waals surface area contributed by atoms with Gasteiger partial charge >= 0.3 is 0 Å². The number of halogens is 2. The normalized spacial score (nSPS) is 28.1. The van der Waals surface area contributed by atoms with Gasteiger partial charge < -0.3 is 0 Å². The predicted octanol–water partition coefficient (Wildman–Crippen LogP) is 3.53. The molecular formula is C20H17Cl2N3O2. The van der Waals surface area contributed by atoms with Crippen molar-refractivity contribution >= 4 is 40.7 Å². The topological polar surface area (TPSA) is 43.9 Å². The number of hydrogen-bond donors (Lipinski definition) is 0. The van der Waals surface area contributed by atoms with E-state index in [4.69, 9.17) is 23.2 Å². The minimum atomic E-state index is -0.459. The van der Waals surface area contributed by atoms with E-state index < -0.39 is 12.0 Å².